The van der Waals surface area contributed by atoms with E-state index in [-0.39, 0.29) is 11.8 Å². The average Bonchev–Trinajstić information content (AvgIpc) is 2.26. The highest BCUT2D eigenvalue weighted by Gasteiger charge is 2.08. The van der Waals surface area contributed by atoms with Crippen LogP contribution in [-0.2, 0) is 9.84 Å². The Morgan fingerprint density at radius 2 is 2.24 bits per heavy atom. The number of hydrogen-bond donors (Lipinski definition) is 1. The number of pyridine rings is 1. The molecule has 0 spiro atoms. The number of nitrogens with zero attached hydrogens (tertiary/aromatic N) is 2. The molecule has 17 heavy (non-hydrogen) atoms. The Bertz CT molecular complexity index is 520. The average molecular weight is 253 g/mol. The molecule has 5 nitrogen and oxygen atoms in total. The fourth-order valence-corrected chi connectivity index (χ4v) is 2.07. The predicted octanol–water partition coefficient (Wildman–Crippen LogP) is 1.19. The van der Waals surface area contributed by atoms with E-state index in [1.54, 1.807) is 18.2 Å². The van der Waals surface area contributed by atoms with Crippen molar-refractivity contribution >= 4 is 15.7 Å². The van der Waals surface area contributed by atoms with Crippen molar-refractivity contribution < 1.29 is 8.42 Å². The molecule has 1 aromatic rings. The molecule has 0 aliphatic rings. The van der Waals surface area contributed by atoms with Gasteiger partial charge >= 0.3 is 0 Å². The third kappa shape index (κ3) is 5.31. The van der Waals surface area contributed by atoms with Gasteiger partial charge in [-0.2, -0.15) is 5.26 Å². The van der Waals surface area contributed by atoms with Gasteiger partial charge in [0, 0.05) is 12.3 Å². The zero-order chi connectivity index (χ0) is 12.9. The second-order valence-electron chi connectivity index (χ2n) is 3.98. The van der Waals surface area contributed by atoms with E-state index >= 15 is 0 Å². The van der Waals surface area contributed by atoms with E-state index in [1.807, 2.05) is 13.0 Å². The highest BCUT2D eigenvalue weighted by molar-refractivity contribution is 7.90. The van der Waals surface area contributed by atoms with Crippen LogP contribution < -0.4 is 5.32 Å². The van der Waals surface area contributed by atoms with Gasteiger partial charge in [-0.05, 0) is 25.5 Å². The summed E-state index contributed by atoms with van der Waals surface area (Å²) >= 11 is 0. The summed E-state index contributed by atoms with van der Waals surface area (Å²) in [6.07, 6.45) is 1.73. The Kier molecular flexibility index (Phi) is 4.46. The summed E-state index contributed by atoms with van der Waals surface area (Å²) in [6, 6.07) is 7.04. The first-order valence-corrected chi connectivity index (χ1v) is 7.28. The van der Waals surface area contributed by atoms with Crippen molar-refractivity contribution in [3.63, 3.8) is 0 Å². The van der Waals surface area contributed by atoms with Crippen LogP contribution in [0.25, 0.3) is 0 Å². The molecule has 0 aromatic carbocycles. The van der Waals surface area contributed by atoms with Gasteiger partial charge in [-0.25, -0.2) is 13.4 Å². The molecule has 0 bridgehead atoms. The van der Waals surface area contributed by atoms with Gasteiger partial charge in [0.05, 0.1) is 5.75 Å². The first-order chi connectivity index (χ1) is 7.90. The normalized spacial score (nSPS) is 12.8. The van der Waals surface area contributed by atoms with Crippen molar-refractivity contribution in [1.82, 2.24) is 4.98 Å². The third-order valence-corrected chi connectivity index (χ3v) is 3.16. The third-order valence-electron chi connectivity index (χ3n) is 2.18. The maximum atomic E-state index is 11.0. The molecule has 0 fully saturated rings. The van der Waals surface area contributed by atoms with E-state index in [2.05, 4.69) is 10.3 Å². The zero-order valence-electron chi connectivity index (χ0n) is 9.84. The van der Waals surface area contributed by atoms with Gasteiger partial charge in [-0.3, -0.25) is 0 Å². The molecule has 0 saturated heterocycles. The molecular weight excluding hydrogens is 238 g/mol. The molecular formula is C11H15N3O2S. The van der Waals surface area contributed by atoms with Gasteiger partial charge in [-0.15, -0.1) is 0 Å². The predicted molar refractivity (Wildman–Crippen MR) is 66.4 cm³/mol. The molecule has 0 saturated carbocycles. The zero-order valence-corrected chi connectivity index (χ0v) is 10.7. The Morgan fingerprint density at radius 3 is 2.82 bits per heavy atom. The van der Waals surface area contributed by atoms with Gasteiger partial charge in [-0.1, -0.05) is 6.07 Å². The van der Waals surface area contributed by atoms with Crippen molar-refractivity contribution in [2.75, 3.05) is 17.3 Å². The lowest BCUT2D eigenvalue weighted by atomic mass is 10.2. The van der Waals surface area contributed by atoms with Crippen LogP contribution in [0.15, 0.2) is 18.2 Å². The Hall–Kier alpha value is -1.61. The number of aromatic nitrogens is 1. The SMILES string of the molecule is CC(CCS(C)(=O)=O)Nc1cccc(C#N)n1. The minimum absolute atomic E-state index is 0.00818. The fraction of sp³-hybridized carbons (Fsp3) is 0.455. The number of sulfone groups is 1. The van der Waals surface area contributed by atoms with Crippen molar-refractivity contribution in [1.29, 1.82) is 5.26 Å². The Morgan fingerprint density at radius 1 is 1.53 bits per heavy atom. The monoisotopic (exact) mass is 253 g/mol. The number of anilines is 1. The van der Waals surface area contributed by atoms with Crippen molar-refractivity contribution in [2.45, 2.75) is 19.4 Å². The summed E-state index contributed by atoms with van der Waals surface area (Å²) in [4.78, 5) is 4.05. The number of nitriles is 1. The van der Waals surface area contributed by atoms with E-state index < -0.39 is 9.84 Å². The van der Waals surface area contributed by atoms with Crippen LogP contribution in [0.1, 0.15) is 19.0 Å². The lowest BCUT2D eigenvalue weighted by Crippen LogP contribution is -2.20. The van der Waals surface area contributed by atoms with Crippen LogP contribution in [0.2, 0.25) is 0 Å². The van der Waals surface area contributed by atoms with Gasteiger partial charge in [0.1, 0.15) is 27.4 Å². The largest absolute Gasteiger partial charge is 0.368 e. The van der Waals surface area contributed by atoms with Crippen molar-refractivity contribution in [3.05, 3.63) is 23.9 Å². The van der Waals surface area contributed by atoms with Crippen LogP contribution in [0.3, 0.4) is 0 Å². The maximum Gasteiger partial charge on any atom is 0.147 e. The fourth-order valence-electron chi connectivity index (χ4n) is 1.29. The molecule has 1 N–H and O–H groups in total. The highest BCUT2D eigenvalue weighted by Crippen LogP contribution is 2.08. The van der Waals surface area contributed by atoms with Gasteiger partial charge in [0.2, 0.25) is 0 Å². The van der Waals surface area contributed by atoms with Crippen LogP contribution in [0.4, 0.5) is 5.82 Å². The summed E-state index contributed by atoms with van der Waals surface area (Å²) in [6.45, 7) is 1.88. The summed E-state index contributed by atoms with van der Waals surface area (Å²) < 4.78 is 22.0. The van der Waals surface area contributed by atoms with Crippen molar-refractivity contribution in [2.24, 2.45) is 0 Å². The molecule has 92 valence electrons. The Labute approximate surface area is 101 Å². The maximum absolute atomic E-state index is 11.0. The summed E-state index contributed by atoms with van der Waals surface area (Å²) in [5, 5.41) is 11.7. The minimum Gasteiger partial charge on any atom is -0.368 e. The highest BCUT2D eigenvalue weighted by atomic mass is 32.2. The van der Waals surface area contributed by atoms with Crippen LogP contribution in [0.5, 0.6) is 0 Å². The number of nitrogens with one attached hydrogen (secondary N) is 1. The molecule has 6 heteroatoms. The second kappa shape index (κ2) is 5.64. The Balaban J connectivity index is 2.56. The summed E-state index contributed by atoms with van der Waals surface area (Å²) in [5.41, 5.74) is 0.338. The standard InChI is InChI=1S/C11H15N3O2S/c1-9(6-7-17(2,15)16)13-11-5-3-4-10(8-12)14-11/h3-5,9H,6-7H2,1-2H3,(H,13,14). The van der Waals surface area contributed by atoms with E-state index in [1.165, 1.54) is 6.26 Å². The second-order valence-corrected chi connectivity index (χ2v) is 6.24. The van der Waals surface area contributed by atoms with Crippen molar-refractivity contribution in [3.8, 4) is 6.07 Å². The van der Waals surface area contributed by atoms with Gasteiger partial charge in [0.15, 0.2) is 0 Å². The van der Waals surface area contributed by atoms with E-state index in [9.17, 15) is 8.42 Å². The molecule has 0 amide bonds. The van der Waals surface area contributed by atoms with Crippen LogP contribution in [0, 0.1) is 11.3 Å². The smallest absolute Gasteiger partial charge is 0.147 e. The molecule has 1 atom stereocenters. The lowest BCUT2D eigenvalue weighted by molar-refractivity contribution is 0.595. The first-order valence-electron chi connectivity index (χ1n) is 5.22. The molecule has 0 radical (unpaired) electrons. The van der Waals surface area contributed by atoms with E-state index in [0.717, 1.165) is 0 Å². The summed E-state index contributed by atoms with van der Waals surface area (Å²) in [5.74, 6) is 0.726. The molecule has 1 aromatic heterocycles. The first kappa shape index (κ1) is 13.5. The van der Waals surface area contributed by atoms with E-state index in [0.29, 0.717) is 17.9 Å². The molecule has 0 aliphatic carbocycles. The van der Waals surface area contributed by atoms with E-state index in [4.69, 9.17) is 5.26 Å². The number of hydrogen-bond acceptors (Lipinski definition) is 5. The van der Waals surface area contributed by atoms with Gasteiger partial charge in [0.25, 0.3) is 0 Å². The molecule has 0 aliphatic heterocycles. The molecule has 1 unspecified atom stereocenters. The van der Waals surface area contributed by atoms with Crippen LogP contribution >= 0.6 is 0 Å². The minimum atomic E-state index is -2.94. The molecule has 1 rings (SSSR count). The molecule has 1 heterocycles. The van der Waals surface area contributed by atoms with Gasteiger partial charge < -0.3 is 5.32 Å². The number of rotatable bonds is 5. The quantitative estimate of drug-likeness (QED) is 0.852. The summed E-state index contributed by atoms with van der Waals surface area (Å²) in [7, 11) is -2.94. The van der Waals surface area contributed by atoms with Crippen LogP contribution in [-0.4, -0.2) is 31.5 Å². The lowest BCUT2D eigenvalue weighted by Gasteiger charge is -2.13. The topological polar surface area (TPSA) is 82.9 Å².